The summed E-state index contributed by atoms with van der Waals surface area (Å²) in [6, 6.07) is 1.72. The Morgan fingerprint density at radius 3 is 2.62 bits per heavy atom. The first-order chi connectivity index (χ1) is 6.18. The second-order valence-corrected chi connectivity index (χ2v) is 3.27. The third-order valence-corrected chi connectivity index (χ3v) is 2.24. The Bertz CT molecular complexity index is 468. The summed E-state index contributed by atoms with van der Waals surface area (Å²) in [5, 5.41) is 0.598. The van der Waals surface area contributed by atoms with Crippen LogP contribution in [-0.2, 0) is 0 Å². The van der Waals surface area contributed by atoms with E-state index in [1.54, 1.807) is 12.3 Å². The van der Waals surface area contributed by atoms with Gasteiger partial charge in [-0.2, -0.15) is 0 Å². The van der Waals surface area contributed by atoms with Gasteiger partial charge in [-0.15, -0.1) is 0 Å². The van der Waals surface area contributed by atoms with Crippen molar-refractivity contribution in [2.45, 2.75) is 13.8 Å². The minimum absolute atomic E-state index is 0.598. The third kappa shape index (κ3) is 1.35. The van der Waals surface area contributed by atoms with Gasteiger partial charge in [0.25, 0.3) is 0 Å². The van der Waals surface area contributed by atoms with Crippen molar-refractivity contribution < 1.29 is 0 Å². The Labute approximate surface area is 80.8 Å². The molecule has 2 aromatic rings. The molecular formula is C9H8ClN3. The van der Waals surface area contributed by atoms with Crippen LogP contribution >= 0.6 is 11.6 Å². The summed E-state index contributed by atoms with van der Waals surface area (Å²) in [5.41, 5.74) is 3.06. The first kappa shape index (κ1) is 8.38. The van der Waals surface area contributed by atoms with Crippen molar-refractivity contribution in [3.05, 3.63) is 28.7 Å². The van der Waals surface area contributed by atoms with Crippen LogP contribution in [0.5, 0.6) is 0 Å². The van der Waals surface area contributed by atoms with E-state index in [0.717, 1.165) is 11.4 Å². The number of rotatable bonds is 0. The predicted molar refractivity (Wildman–Crippen MR) is 51.8 cm³/mol. The maximum Gasteiger partial charge on any atom is 0.179 e. The average molecular weight is 194 g/mol. The van der Waals surface area contributed by atoms with Crippen LogP contribution in [0.1, 0.15) is 11.4 Å². The van der Waals surface area contributed by atoms with E-state index in [1.165, 1.54) is 0 Å². The maximum atomic E-state index is 5.94. The molecule has 0 aliphatic carbocycles. The number of fused-ring (bicyclic) bond motifs is 1. The van der Waals surface area contributed by atoms with Crippen molar-refractivity contribution in [2.24, 2.45) is 0 Å². The van der Waals surface area contributed by atoms with E-state index in [0.29, 0.717) is 16.2 Å². The molecule has 2 heterocycles. The molecule has 0 unspecified atom stereocenters. The van der Waals surface area contributed by atoms with Gasteiger partial charge in [-0.3, -0.25) is 0 Å². The summed E-state index contributed by atoms with van der Waals surface area (Å²) in [5.74, 6) is 0. The van der Waals surface area contributed by atoms with Gasteiger partial charge >= 0.3 is 0 Å². The second kappa shape index (κ2) is 2.92. The van der Waals surface area contributed by atoms with Crippen molar-refractivity contribution >= 4 is 22.8 Å². The first-order valence-electron chi connectivity index (χ1n) is 3.94. The van der Waals surface area contributed by atoms with Crippen molar-refractivity contribution in [1.29, 1.82) is 0 Å². The fourth-order valence-electron chi connectivity index (χ4n) is 1.09. The van der Waals surface area contributed by atoms with Gasteiger partial charge < -0.3 is 0 Å². The minimum Gasteiger partial charge on any atom is -0.246 e. The zero-order chi connectivity index (χ0) is 9.42. The molecule has 2 aromatic heterocycles. The van der Waals surface area contributed by atoms with Crippen LogP contribution in [0.4, 0.5) is 0 Å². The lowest BCUT2D eigenvalue weighted by molar-refractivity contribution is 1.08. The summed E-state index contributed by atoms with van der Waals surface area (Å²) in [4.78, 5) is 12.7. The largest absolute Gasteiger partial charge is 0.246 e. The Morgan fingerprint density at radius 1 is 1.15 bits per heavy atom. The summed E-state index contributed by atoms with van der Waals surface area (Å²) < 4.78 is 0. The van der Waals surface area contributed by atoms with Gasteiger partial charge in [0, 0.05) is 6.20 Å². The molecule has 13 heavy (non-hydrogen) atoms. The van der Waals surface area contributed by atoms with Gasteiger partial charge in [-0.05, 0) is 19.9 Å². The van der Waals surface area contributed by atoms with Gasteiger partial charge in [-0.25, -0.2) is 15.0 Å². The standard InChI is InChI=1S/C9H8ClN3/c1-5-6(2)13-9-8(12-5)7(10)3-4-11-9/h3-4H,1-2H3. The van der Waals surface area contributed by atoms with E-state index >= 15 is 0 Å². The van der Waals surface area contributed by atoms with Gasteiger partial charge in [0.2, 0.25) is 0 Å². The topological polar surface area (TPSA) is 38.7 Å². The molecule has 3 nitrogen and oxygen atoms in total. The van der Waals surface area contributed by atoms with Gasteiger partial charge in [0.15, 0.2) is 5.65 Å². The molecule has 2 rings (SSSR count). The predicted octanol–water partition coefficient (Wildman–Crippen LogP) is 2.30. The molecule has 0 spiro atoms. The van der Waals surface area contributed by atoms with E-state index in [4.69, 9.17) is 11.6 Å². The van der Waals surface area contributed by atoms with E-state index in [9.17, 15) is 0 Å². The van der Waals surface area contributed by atoms with Crippen molar-refractivity contribution in [2.75, 3.05) is 0 Å². The summed E-state index contributed by atoms with van der Waals surface area (Å²) in [7, 11) is 0. The molecule has 0 bridgehead atoms. The molecular weight excluding hydrogens is 186 g/mol. The second-order valence-electron chi connectivity index (χ2n) is 2.86. The Kier molecular flexibility index (Phi) is 1.88. The fraction of sp³-hybridized carbons (Fsp3) is 0.222. The number of nitrogens with zero attached hydrogens (tertiary/aromatic N) is 3. The Morgan fingerprint density at radius 2 is 1.85 bits per heavy atom. The molecule has 0 aliphatic rings. The number of hydrogen-bond donors (Lipinski definition) is 0. The highest BCUT2D eigenvalue weighted by molar-refractivity contribution is 6.34. The van der Waals surface area contributed by atoms with Crippen LogP contribution in [0.3, 0.4) is 0 Å². The molecule has 0 N–H and O–H groups in total. The maximum absolute atomic E-state index is 5.94. The SMILES string of the molecule is Cc1nc2nccc(Cl)c2nc1C. The normalized spacial score (nSPS) is 10.7. The van der Waals surface area contributed by atoms with Crippen LogP contribution < -0.4 is 0 Å². The number of halogens is 1. The van der Waals surface area contributed by atoms with Crippen LogP contribution in [0.25, 0.3) is 11.2 Å². The number of hydrogen-bond acceptors (Lipinski definition) is 3. The van der Waals surface area contributed by atoms with Crippen LogP contribution in [0.15, 0.2) is 12.3 Å². The number of aryl methyl sites for hydroxylation is 2. The molecule has 4 heteroatoms. The molecule has 0 radical (unpaired) electrons. The van der Waals surface area contributed by atoms with Crippen molar-refractivity contribution in [3.63, 3.8) is 0 Å². The zero-order valence-electron chi connectivity index (χ0n) is 7.37. The molecule has 0 fully saturated rings. The lowest BCUT2D eigenvalue weighted by Crippen LogP contribution is -1.95. The van der Waals surface area contributed by atoms with Gasteiger partial charge in [0.1, 0.15) is 5.52 Å². The van der Waals surface area contributed by atoms with E-state index in [2.05, 4.69) is 15.0 Å². The molecule has 0 aliphatic heterocycles. The van der Waals surface area contributed by atoms with E-state index < -0.39 is 0 Å². The Hall–Kier alpha value is -1.22. The highest BCUT2D eigenvalue weighted by Crippen LogP contribution is 2.18. The van der Waals surface area contributed by atoms with Crippen LogP contribution in [0.2, 0.25) is 5.02 Å². The van der Waals surface area contributed by atoms with Gasteiger partial charge in [0.05, 0.1) is 16.4 Å². The summed E-state index contributed by atoms with van der Waals surface area (Å²) in [6.45, 7) is 3.81. The molecule has 0 saturated carbocycles. The molecule has 0 saturated heterocycles. The molecule has 0 amide bonds. The first-order valence-corrected chi connectivity index (χ1v) is 4.32. The monoisotopic (exact) mass is 193 g/mol. The Balaban J connectivity index is 2.89. The van der Waals surface area contributed by atoms with Crippen LogP contribution in [-0.4, -0.2) is 15.0 Å². The number of aromatic nitrogens is 3. The molecule has 0 atom stereocenters. The van der Waals surface area contributed by atoms with E-state index in [1.807, 2.05) is 13.8 Å². The zero-order valence-corrected chi connectivity index (χ0v) is 8.13. The smallest absolute Gasteiger partial charge is 0.179 e. The van der Waals surface area contributed by atoms with Crippen molar-refractivity contribution in [3.8, 4) is 0 Å². The quantitative estimate of drug-likeness (QED) is 0.645. The fourth-order valence-corrected chi connectivity index (χ4v) is 1.28. The van der Waals surface area contributed by atoms with Crippen LogP contribution in [0, 0.1) is 13.8 Å². The summed E-state index contributed by atoms with van der Waals surface area (Å²) >= 11 is 5.94. The lowest BCUT2D eigenvalue weighted by atomic mass is 10.3. The minimum atomic E-state index is 0.598. The average Bonchev–Trinajstić information content (AvgIpc) is 2.09. The highest BCUT2D eigenvalue weighted by atomic mass is 35.5. The molecule has 0 aromatic carbocycles. The molecule has 66 valence electrons. The lowest BCUT2D eigenvalue weighted by Gasteiger charge is -2.01. The van der Waals surface area contributed by atoms with Crippen molar-refractivity contribution in [1.82, 2.24) is 15.0 Å². The third-order valence-electron chi connectivity index (χ3n) is 1.93. The van der Waals surface area contributed by atoms with Gasteiger partial charge in [-0.1, -0.05) is 11.6 Å². The van der Waals surface area contributed by atoms with E-state index in [-0.39, 0.29) is 0 Å². The number of pyridine rings is 1. The highest BCUT2D eigenvalue weighted by Gasteiger charge is 2.04. The summed E-state index contributed by atoms with van der Waals surface area (Å²) in [6.07, 6.45) is 1.63.